The van der Waals surface area contributed by atoms with Crippen molar-refractivity contribution in [1.29, 1.82) is 0 Å². The predicted octanol–water partition coefficient (Wildman–Crippen LogP) is 8.84. The highest BCUT2D eigenvalue weighted by Crippen LogP contribution is 2.47. The zero-order chi connectivity index (χ0) is 21.1. The second kappa shape index (κ2) is 9.48. The molecule has 1 aliphatic heterocycles. The van der Waals surface area contributed by atoms with Crippen LogP contribution in [-0.2, 0) is 0 Å². The van der Waals surface area contributed by atoms with E-state index >= 15 is 0 Å². The third-order valence-electron chi connectivity index (χ3n) is 6.79. The molecule has 0 atom stereocenters. The van der Waals surface area contributed by atoms with Crippen molar-refractivity contribution in [3.05, 3.63) is 46.4 Å². The minimum absolute atomic E-state index is 0.694. The maximum Gasteiger partial charge on any atom is 0.137 e. The van der Waals surface area contributed by atoms with Gasteiger partial charge in [0.25, 0.3) is 0 Å². The first-order valence-corrected chi connectivity index (χ1v) is 13.7. The van der Waals surface area contributed by atoms with Crippen LogP contribution in [0.25, 0.3) is 5.57 Å². The summed E-state index contributed by atoms with van der Waals surface area (Å²) in [6.45, 7) is 21.4. The number of hydrogen-bond donors (Lipinski definition) is 0. The number of fused-ring (bicyclic) bond motifs is 1. The molecule has 2 rings (SSSR count). The Labute approximate surface area is 175 Å². The number of para-hydroxylation sites is 1. The highest BCUT2D eigenvalue weighted by Gasteiger charge is 2.42. The molecule has 0 aromatic heterocycles. The molecule has 1 aliphatic rings. The molecule has 0 N–H and O–H groups in total. The molecule has 0 unspecified atom stereocenters. The molecule has 1 heterocycles. The van der Waals surface area contributed by atoms with Gasteiger partial charge in [-0.1, -0.05) is 92.1 Å². The van der Waals surface area contributed by atoms with Gasteiger partial charge in [0, 0.05) is 5.56 Å². The van der Waals surface area contributed by atoms with E-state index < -0.39 is 8.07 Å². The Morgan fingerprint density at radius 1 is 0.857 bits per heavy atom. The van der Waals surface area contributed by atoms with E-state index in [-0.39, 0.29) is 0 Å². The number of rotatable bonds is 8. The van der Waals surface area contributed by atoms with Gasteiger partial charge in [-0.2, -0.15) is 0 Å². The first kappa shape index (κ1) is 23.0. The van der Waals surface area contributed by atoms with Crippen LogP contribution in [0.1, 0.15) is 92.2 Å². The Morgan fingerprint density at radius 3 is 1.89 bits per heavy atom. The molecule has 0 bridgehead atoms. The molecule has 0 radical (unpaired) electrons. The first-order valence-electron chi connectivity index (χ1n) is 11.4. The maximum absolute atomic E-state index is 6.75. The van der Waals surface area contributed by atoms with Gasteiger partial charge in [0.2, 0.25) is 0 Å². The zero-order valence-electron chi connectivity index (χ0n) is 19.8. The molecular formula is C26H42OSi. The van der Waals surface area contributed by atoms with Gasteiger partial charge in [0.15, 0.2) is 0 Å². The van der Waals surface area contributed by atoms with Crippen LogP contribution in [0, 0.1) is 6.92 Å². The van der Waals surface area contributed by atoms with Crippen LogP contribution in [-0.4, -0.2) is 8.07 Å². The van der Waals surface area contributed by atoms with Crippen molar-refractivity contribution >= 4 is 13.6 Å². The molecule has 0 fully saturated rings. The summed E-state index contributed by atoms with van der Waals surface area (Å²) in [5, 5.41) is 0. The second-order valence-corrected chi connectivity index (χ2v) is 15.2. The predicted molar refractivity (Wildman–Crippen MR) is 128 cm³/mol. The molecule has 156 valence electrons. The molecule has 1 aromatic rings. The van der Waals surface area contributed by atoms with Crippen molar-refractivity contribution in [2.24, 2.45) is 0 Å². The molecule has 1 aromatic carbocycles. The summed E-state index contributed by atoms with van der Waals surface area (Å²) in [7, 11) is -1.70. The summed E-state index contributed by atoms with van der Waals surface area (Å²) in [4.78, 5) is 0. The fourth-order valence-electron chi connectivity index (χ4n) is 5.41. The standard InChI is InChI=1S/C26H42OSi/c1-10-13-22-23(14-11-2)25(27-26-21(9)15-12-16-24(22)26)17-28(18(3)4,19(5)6)20(7)8/h12,15-20H,10-11,13-14H2,1-9H3/b25-17-. The highest BCUT2D eigenvalue weighted by atomic mass is 28.3. The third kappa shape index (κ3) is 4.17. The van der Waals surface area contributed by atoms with E-state index in [1.807, 2.05) is 0 Å². The Hall–Kier alpha value is -1.28. The van der Waals surface area contributed by atoms with E-state index in [0.29, 0.717) is 16.6 Å². The largest absolute Gasteiger partial charge is 0.457 e. The van der Waals surface area contributed by atoms with Gasteiger partial charge in [-0.25, -0.2) is 0 Å². The Bertz CT molecular complexity index is 715. The molecular weight excluding hydrogens is 356 g/mol. The Morgan fingerprint density at radius 2 is 1.39 bits per heavy atom. The quantitative estimate of drug-likeness (QED) is 0.397. The van der Waals surface area contributed by atoms with Crippen LogP contribution in [0.5, 0.6) is 5.75 Å². The van der Waals surface area contributed by atoms with Gasteiger partial charge in [-0.15, -0.1) is 0 Å². The van der Waals surface area contributed by atoms with E-state index in [1.54, 1.807) is 0 Å². The summed E-state index contributed by atoms with van der Waals surface area (Å²) < 4.78 is 6.75. The smallest absolute Gasteiger partial charge is 0.137 e. The first-order chi connectivity index (χ1) is 13.2. The SMILES string of the molecule is CCCC1=C(CCC)c2cccc(C)c2O/C1=C\[Si](C(C)C)(C(C)C)C(C)C. The van der Waals surface area contributed by atoms with Gasteiger partial charge in [0.1, 0.15) is 11.5 Å². The fraction of sp³-hybridized carbons (Fsp3) is 0.615. The van der Waals surface area contributed by atoms with Crippen LogP contribution < -0.4 is 4.74 Å². The lowest BCUT2D eigenvalue weighted by Gasteiger charge is -2.42. The van der Waals surface area contributed by atoms with Gasteiger partial charge < -0.3 is 4.74 Å². The van der Waals surface area contributed by atoms with Crippen molar-refractivity contribution in [2.45, 2.75) is 105 Å². The lowest BCUT2D eigenvalue weighted by molar-refractivity contribution is 0.420. The normalized spacial score (nSPS) is 16.4. The lowest BCUT2D eigenvalue weighted by atomic mass is 9.89. The monoisotopic (exact) mass is 398 g/mol. The number of benzene rings is 1. The number of ether oxygens (including phenoxy) is 1. The fourth-order valence-corrected chi connectivity index (χ4v) is 11.1. The molecule has 0 aliphatic carbocycles. The molecule has 0 saturated heterocycles. The van der Waals surface area contributed by atoms with Gasteiger partial charge >= 0.3 is 0 Å². The minimum atomic E-state index is -1.70. The van der Waals surface area contributed by atoms with Crippen LogP contribution in [0.2, 0.25) is 16.6 Å². The lowest BCUT2D eigenvalue weighted by Crippen LogP contribution is -2.43. The van der Waals surface area contributed by atoms with Crippen molar-refractivity contribution in [2.75, 3.05) is 0 Å². The molecule has 2 heteroatoms. The number of allylic oxidation sites excluding steroid dienone is 2. The summed E-state index contributed by atoms with van der Waals surface area (Å²) in [5.41, 5.74) is 10.3. The summed E-state index contributed by atoms with van der Waals surface area (Å²) in [6, 6.07) is 6.63. The van der Waals surface area contributed by atoms with E-state index in [1.165, 1.54) is 34.5 Å². The average Bonchev–Trinajstić information content (AvgIpc) is 2.61. The van der Waals surface area contributed by atoms with Crippen molar-refractivity contribution in [3.63, 3.8) is 0 Å². The van der Waals surface area contributed by atoms with Crippen molar-refractivity contribution in [1.82, 2.24) is 0 Å². The van der Waals surface area contributed by atoms with Crippen LogP contribution >= 0.6 is 0 Å². The van der Waals surface area contributed by atoms with Crippen LogP contribution in [0.15, 0.2) is 35.2 Å². The Balaban J connectivity index is 2.79. The summed E-state index contributed by atoms with van der Waals surface area (Å²) in [5.74, 6) is 2.28. The van der Waals surface area contributed by atoms with Gasteiger partial charge in [0.05, 0.1) is 8.07 Å². The van der Waals surface area contributed by atoms with Crippen LogP contribution in [0.3, 0.4) is 0 Å². The van der Waals surface area contributed by atoms with Crippen molar-refractivity contribution in [3.8, 4) is 5.75 Å². The Kier molecular flexibility index (Phi) is 7.78. The molecule has 1 nitrogen and oxygen atoms in total. The van der Waals surface area contributed by atoms with Crippen molar-refractivity contribution < 1.29 is 4.74 Å². The van der Waals surface area contributed by atoms with E-state index in [2.05, 4.69) is 86.2 Å². The minimum Gasteiger partial charge on any atom is -0.457 e. The number of aryl methyl sites for hydroxylation is 1. The molecule has 0 amide bonds. The average molecular weight is 399 g/mol. The third-order valence-corrected chi connectivity index (χ3v) is 13.6. The molecule has 28 heavy (non-hydrogen) atoms. The summed E-state index contributed by atoms with van der Waals surface area (Å²) >= 11 is 0. The van der Waals surface area contributed by atoms with E-state index in [4.69, 9.17) is 4.74 Å². The van der Waals surface area contributed by atoms with Gasteiger partial charge in [-0.05, 0) is 53.1 Å². The van der Waals surface area contributed by atoms with Crippen LogP contribution in [0.4, 0.5) is 0 Å². The zero-order valence-corrected chi connectivity index (χ0v) is 20.8. The molecule has 0 saturated carbocycles. The number of hydrogen-bond acceptors (Lipinski definition) is 1. The maximum atomic E-state index is 6.75. The van der Waals surface area contributed by atoms with E-state index in [0.717, 1.165) is 25.0 Å². The van der Waals surface area contributed by atoms with Gasteiger partial charge in [-0.3, -0.25) is 0 Å². The van der Waals surface area contributed by atoms with E-state index in [9.17, 15) is 0 Å². The second-order valence-electron chi connectivity index (χ2n) is 9.48. The highest BCUT2D eigenvalue weighted by molar-refractivity contribution is 6.88. The topological polar surface area (TPSA) is 9.23 Å². The molecule has 0 spiro atoms. The summed E-state index contributed by atoms with van der Waals surface area (Å²) in [6.07, 6.45) is 4.56.